The van der Waals surface area contributed by atoms with Gasteiger partial charge in [0.15, 0.2) is 0 Å². The van der Waals surface area contributed by atoms with E-state index in [9.17, 15) is 4.79 Å². The van der Waals surface area contributed by atoms with Crippen molar-refractivity contribution in [2.75, 3.05) is 0 Å². The van der Waals surface area contributed by atoms with Crippen LogP contribution in [0.3, 0.4) is 0 Å². The molecule has 0 spiro atoms. The number of hydrogen-bond acceptors (Lipinski definition) is 2. The van der Waals surface area contributed by atoms with Crippen molar-refractivity contribution in [3.8, 4) is 0 Å². The quantitative estimate of drug-likeness (QED) is 0.834. The molecular weight excluding hydrogens is 224 g/mol. The molecule has 1 saturated heterocycles. The highest BCUT2D eigenvalue weighted by molar-refractivity contribution is 5.88. The van der Waals surface area contributed by atoms with E-state index in [0.29, 0.717) is 17.9 Å². The second kappa shape index (κ2) is 5.20. The molecule has 1 aliphatic carbocycles. The van der Waals surface area contributed by atoms with Crippen LogP contribution in [0.1, 0.15) is 66.2 Å². The molecule has 1 N–H and O–H groups in total. The Morgan fingerprint density at radius 2 is 2.00 bits per heavy atom. The maximum Gasteiger partial charge on any atom is 0.244 e. The number of nitrogens with one attached hydrogen (secondary N) is 1. The zero-order valence-electron chi connectivity index (χ0n) is 12.3. The van der Waals surface area contributed by atoms with Gasteiger partial charge in [-0.3, -0.25) is 10.1 Å². The van der Waals surface area contributed by atoms with Gasteiger partial charge in [-0.1, -0.05) is 26.7 Å². The fourth-order valence-electron chi connectivity index (χ4n) is 3.41. The number of hydrogen-bond donors (Lipinski definition) is 1. The van der Waals surface area contributed by atoms with Gasteiger partial charge in [0.2, 0.25) is 5.91 Å². The molecule has 2 aliphatic rings. The van der Waals surface area contributed by atoms with Crippen LogP contribution < -0.4 is 5.32 Å². The first-order valence-electron chi connectivity index (χ1n) is 7.64. The zero-order valence-corrected chi connectivity index (χ0v) is 12.3. The van der Waals surface area contributed by atoms with E-state index < -0.39 is 0 Å². The Labute approximate surface area is 111 Å². The first kappa shape index (κ1) is 13.9. The van der Waals surface area contributed by atoms with E-state index in [0.717, 1.165) is 12.8 Å². The van der Waals surface area contributed by atoms with Gasteiger partial charge in [0.1, 0.15) is 0 Å². The van der Waals surface area contributed by atoms with Crippen molar-refractivity contribution in [1.82, 2.24) is 10.2 Å². The third-order valence-electron chi connectivity index (χ3n) is 5.09. The maximum atomic E-state index is 12.7. The standard InChI is InChI=1S/C15H28N2O/c1-5-11(3)17-13(12-9-7-8-10-12)16-15(4,6-2)14(17)18/h11-13,16H,5-10H2,1-4H3. The fraction of sp³-hybridized carbons (Fsp3) is 0.933. The Kier molecular flexibility index (Phi) is 4.00. The summed E-state index contributed by atoms with van der Waals surface area (Å²) in [6, 6.07) is 0.351. The zero-order chi connectivity index (χ0) is 13.3. The van der Waals surface area contributed by atoms with Gasteiger partial charge in [0, 0.05) is 6.04 Å². The molecular formula is C15H28N2O. The molecule has 0 aromatic heterocycles. The molecule has 0 aromatic carbocycles. The minimum absolute atomic E-state index is 0.278. The van der Waals surface area contributed by atoms with Crippen molar-refractivity contribution in [3.05, 3.63) is 0 Å². The third-order valence-corrected chi connectivity index (χ3v) is 5.09. The summed E-state index contributed by atoms with van der Waals surface area (Å²) in [5, 5.41) is 3.65. The lowest BCUT2D eigenvalue weighted by atomic mass is 9.99. The van der Waals surface area contributed by atoms with E-state index in [4.69, 9.17) is 0 Å². The SMILES string of the molecule is CCC(C)N1C(=O)C(C)(CC)NC1C1CCCC1. The molecule has 1 aliphatic heterocycles. The molecule has 0 aromatic rings. The molecule has 1 amide bonds. The first-order valence-corrected chi connectivity index (χ1v) is 7.64. The molecule has 0 bridgehead atoms. The molecule has 2 fully saturated rings. The Bertz CT molecular complexity index is 312. The molecule has 3 heteroatoms. The Morgan fingerprint density at radius 1 is 1.39 bits per heavy atom. The summed E-state index contributed by atoms with van der Waals surface area (Å²) in [6.45, 7) is 8.53. The average Bonchev–Trinajstić information content (AvgIpc) is 2.97. The predicted molar refractivity (Wildman–Crippen MR) is 74.2 cm³/mol. The van der Waals surface area contributed by atoms with Crippen LogP contribution in [0, 0.1) is 5.92 Å². The number of carbonyl (C=O) groups excluding carboxylic acids is 1. The smallest absolute Gasteiger partial charge is 0.244 e. The van der Waals surface area contributed by atoms with Gasteiger partial charge in [-0.05, 0) is 45.4 Å². The second-order valence-corrected chi connectivity index (χ2v) is 6.29. The van der Waals surface area contributed by atoms with Gasteiger partial charge >= 0.3 is 0 Å². The fourth-order valence-corrected chi connectivity index (χ4v) is 3.41. The molecule has 104 valence electrons. The van der Waals surface area contributed by atoms with Gasteiger partial charge < -0.3 is 4.90 Å². The van der Waals surface area contributed by atoms with Crippen molar-refractivity contribution in [1.29, 1.82) is 0 Å². The molecule has 3 unspecified atom stereocenters. The number of amides is 1. The van der Waals surface area contributed by atoms with E-state index in [2.05, 4.69) is 37.9 Å². The summed E-state index contributed by atoms with van der Waals surface area (Å²) in [6.07, 6.45) is 7.40. The lowest BCUT2D eigenvalue weighted by molar-refractivity contribution is -0.135. The minimum atomic E-state index is -0.337. The van der Waals surface area contributed by atoms with E-state index >= 15 is 0 Å². The average molecular weight is 252 g/mol. The maximum absolute atomic E-state index is 12.7. The van der Waals surface area contributed by atoms with E-state index in [-0.39, 0.29) is 11.7 Å². The van der Waals surface area contributed by atoms with Gasteiger partial charge in [0.25, 0.3) is 0 Å². The first-order chi connectivity index (χ1) is 8.53. The molecule has 1 saturated carbocycles. The van der Waals surface area contributed by atoms with E-state index in [1.54, 1.807) is 0 Å². The van der Waals surface area contributed by atoms with Crippen LogP contribution >= 0.6 is 0 Å². The number of nitrogens with zero attached hydrogens (tertiary/aromatic N) is 1. The molecule has 18 heavy (non-hydrogen) atoms. The van der Waals surface area contributed by atoms with Crippen LogP contribution in [-0.4, -0.2) is 28.6 Å². The van der Waals surface area contributed by atoms with Gasteiger partial charge in [0.05, 0.1) is 11.7 Å². The predicted octanol–water partition coefficient (Wildman–Crippen LogP) is 2.90. The Balaban J connectivity index is 2.23. The van der Waals surface area contributed by atoms with E-state index in [1.807, 2.05) is 0 Å². The Morgan fingerprint density at radius 3 is 2.50 bits per heavy atom. The van der Waals surface area contributed by atoms with Crippen LogP contribution in [0.25, 0.3) is 0 Å². The van der Waals surface area contributed by atoms with E-state index in [1.165, 1.54) is 25.7 Å². The third kappa shape index (κ3) is 2.18. The van der Waals surface area contributed by atoms with Gasteiger partial charge in [-0.25, -0.2) is 0 Å². The monoisotopic (exact) mass is 252 g/mol. The van der Waals surface area contributed by atoms with Crippen LogP contribution in [0.4, 0.5) is 0 Å². The summed E-state index contributed by atoms with van der Waals surface area (Å²) >= 11 is 0. The second-order valence-electron chi connectivity index (χ2n) is 6.29. The number of carbonyl (C=O) groups is 1. The van der Waals surface area contributed by atoms with Crippen molar-refractivity contribution in [3.63, 3.8) is 0 Å². The lowest BCUT2D eigenvalue weighted by Gasteiger charge is -2.33. The summed E-state index contributed by atoms with van der Waals surface area (Å²) in [4.78, 5) is 14.8. The molecule has 1 heterocycles. The van der Waals surface area contributed by atoms with Crippen molar-refractivity contribution < 1.29 is 4.79 Å². The summed E-state index contributed by atoms with van der Waals surface area (Å²) < 4.78 is 0. The lowest BCUT2D eigenvalue weighted by Crippen LogP contribution is -2.47. The largest absolute Gasteiger partial charge is 0.323 e. The van der Waals surface area contributed by atoms with Crippen LogP contribution in [-0.2, 0) is 4.79 Å². The molecule has 0 radical (unpaired) electrons. The van der Waals surface area contributed by atoms with Crippen LogP contribution in [0.2, 0.25) is 0 Å². The normalized spacial score (nSPS) is 35.4. The summed E-state index contributed by atoms with van der Waals surface area (Å²) in [5.74, 6) is 0.979. The van der Waals surface area contributed by atoms with Crippen molar-refractivity contribution in [2.45, 2.75) is 84.0 Å². The molecule has 3 atom stereocenters. The minimum Gasteiger partial charge on any atom is -0.323 e. The van der Waals surface area contributed by atoms with Crippen LogP contribution in [0.5, 0.6) is 0 Å². The summed E-state index contributed by atoms with van der Waals surface area (Å²) in [5.41, 5.74) is -0.337. The highest BCUT2D eigenvalue weighted by atomic mass is 16.2. The van der Waals surface area contributed by atoms with Gasteiger partial charge in [-0.15, -0.1) is 0 Å². The van der Waals surface area contributed by atoms with Gasteiger partial charge in [-0.2, -0.15) is 0 Å². The number of rotatable bonds is 4. The topological polar surface area (TPSA) is 32.3 Å². The highest BCUT2D eigenvalue weighted by Crippen LogP contribution is 2.36. The highest BCUT2D eigenvalue weighted by Gasteiger charge is 2.50. The van der Waals surface area contributed by atoms with Crippen LogP contribution in [0.15, 0.2) is 0 Å². The van der Waals surface area contributed by atoms with Crippen molar-refractivity contribution >= 4 is 5.91 Å². The van der Waals surface area contributed by atoms with Crippen molar-refractivity contribution in [2.24, 2.45) is 5.92 Å². The molecule has 2 rings (SSSR count). The molecule has 3 nitrogen and oxygen atoms in total. The Hall–Kier alpha value is -0.570. The summed E-state index contributed by atoms with van der Waals surface area (Å²) in [7, 11) is 0.